The first kappa shape index (κ1) is 9.40. The third-order valence-electron chi connectivity index (χ3n) is 2.61. The first-order chi connectivity index (χ1) is 6.18. The molecule has 1 saturated carbocycles. The van der Waals surface area contributed by atoms with Gasteiger partial charge in [-0.15, -0.1) is 11.3 Å². The molecule has 1 unspecified atom stereocenters. The molecular formula is C8H11ClN2OS. The number of nitrogens with zero attached hydrogens (tertiary/aromatic N) is 1. The van der Waals surface area contributed by atoms with Gasteiger partial charge in [0.05, 0.1) is 6.20 Å². The van der Waals surface area contributed by atoms with E-state index in [1.165, 1.54) is 11.3 Å². The van der Waals surface area contributed by atoms with Gasteiger partial charge in [0.1, 0.15) is 15.4 Å². The van der Waals surface area contributed by atoms with Crippen molar-refractivity contribution in [1.82, 2.24) is 4.98 Å². The minimum absolute atomic E-state index is 0.110. The van der Waals surface area contributed by atoms with Gasteiger partial charge in [0.2, 0.25) is 0 Å². The summed E-state index contributed by atoms with van der Waals surface area (Å²) in [6.07, 6.45) is 3.01. The topological polar surface area (TPSA) is 59.1 Å². The van der Waals surface area contributed by atoms with E-state index in [1.54, 1.807) is 6.20 Å². The highest BCUT2D eigenvalue weighted by molar-refractivity contribution is 7.15. The van der Waals surface area contributed by atoms with Crippen LogP contribution < -0.4 is 5.73 Å². The van der Waals surface area contributed by atoms with E-state index in [4.69, 9.17) is 17.3 Å². The highest BCUT2D eigenvalue weighted by Gasteiger charge is 2.49. The van der Waals surface area contributed by atoms with Crippen molar-refractivity contribution in [2.45, 2.75) is 18.9 Å². The van der Waals surface area contributed by atoms with Crippen LogP contribution in [0.2, 0.25) is 4.34 Å². The number of thiazole rings is 1. The average molecular weight is 219 g/mol. The zero-order valence-electron chi connectivity index (χ0n) is 7.03. The minimum atomic E-state index is -0.532. The number of aromatic nitrogens is 1. The summed E-state index contributed by atoms with van der Waals surface area (Å²) in [5.41, 5.74) is 5.49. The van der Waals surface area contributed by atoms with Gasteiger partial charge < -0.3 is 10.8 Å². The summed E-state index contributed by atoms with van der Waals surface area (Å²) in [6.45, 7) is 0.519. The largest absolute Gasteiger partial charge is 0.385 e. The monoisotopic (exact) mass is 218 g/mol. The molecule has 0 saturated heterocycles. The molecule has 72 valence electrons. The zero-order chi connectivity index (χ0) is 9.47. The summed E-state index contributed by atoms with van der Waals surface area (Å²) >= 11 is 7.06. The van der Waals surface area contributed by atoms with Crippen molar-refractivity contribution in [3.63, 3.8) is 0 Å². The second-order valence-corrected chi connectivity index (χ2v) is 5.17. The Bertz CT molecular complexity index is 311. The van der Waals surface area contributed by atoms with E-state index in [0.29, 0.717) is 15.9 Å². The Morgan fingerprint density at radius 2 is 2.46 bits per heavy atom. The van der Waals surface area contributed by atoms with Gasteiger partial charge in [-0.3, -0.25) is 0 Å². The SMILES string of the molecule is NCC1(C(O)c2ncc(Cl)s2)CC1. The third kappa shape index (κ3) is 1.59. The number of hydrogen-bond acceptors (Lipinski definition) is 4. The van der Waals surface area contributed by atoms with E-state index in [0.717, 1.165) is 12.8 Å². The molecule has 0 amide bonds. The van der Waals surface area contributed by atoms with Gasteiger partial charge in [-0.05, 0) is 12.8 Å². The predicted octanol–water partition coefficient (Wildman–Crippen LogP) is 1.57. The fourth-order valence-corrected chi connectivity index (χ4v) is 2.46. The summed E-state index contributed by atoms with van der Waals surface area (Å²) in [6, 6.07) is 0. The molecule has 1 aromatic heterocycles. The molecular weight excluding hydrogens is 208 g/mol. The lowest BCUT2D eigenvalue weighted by atomic mass is 10.0. The Labute approximate surface area is 85.5 Å². The molecule has 3 nitrogen and oxygen atoms in total. The molecule has 1 heterocycles. The molecule has 0 spiro atoms. The molecule has 5 heteroatoms. The Morgan fingerprint density at radius 1 is 1.77 bits per heavy atom. The van der Waals surface area contributed by atoms with Crippen molar-refractivity contribution in [2.24, 2.45) is 11.1 Å². The Kier molecular flexibility index (Phi) is 2.32. The molecule has 1 atom stereocenters. The molecule has 3 N–H and O–H groups in total. The second-order valence-electron chi connectivity index (χ2n) is 3.47. The van der Waals surface area contributed by atoms with Crippen LogP contribution in [-0.4, -0.2) is 16.6 Å². The van der Waals surface area contributed by atoms with E-state index < -0.39 is 6.10 Å². The van der Waals surface area contributed by atoms with Crippen LogP contribution in [0.3, 0.4) is 0 Å². The predicted molar refractivity (Wildman–Crippen MR) is 52.8 cm³/mol. The van der Waals surface area contributed by atoms with Crippen LogP contribution in [0.4, 0.5) is 0 Å². The maximum atomic E-state index is 9.93. The van der Waals surface area contributed by atoms with E-state index in [1.807, 2.05) is 0 Å². The van der Waals surface area contributed by atoms with Gasteiger partial charge in [-0.25, -0.2) is 4.98 Å². The maximum absolute atomic E-state index is 9.93. The standard InChI is InChI=1S/C8H11ClN2OS/c9-5-3-11-7(13-5)6(12)8(4-10)1-2-8/h3,6,12H,1-2,4,10H2. The summed E-state index contributed by atoms with van der Waals surface area (Å²) in [5, 5.41) is 10.6. The number of hydrogen-bond donors (Lipinski definition) is 2. The molecule has 2 rings (SSSR count). The van der Waals surface area contributed by atoms with Crippen molar-refractivity contribution in [3.05, 3.63) is 15.5 Å². The van der Waals surface area contributed by atoms with Crippen LogP contribution in [-0.2, 0) is 0 Å². The van der Waals surface area contributed by atoms with Gasteiger partial charge in [0.15, 0.2) is 0 Å². The second kappa shape index (κ2) is 3.20. The Balaban J connectivity index is 2.17. The molecule has 13 heavy (non-hydrogen) atoms. The molecule has 1 fully saturated rings. The zero-order valence-corrected chi connectivity index (χ0v) is 8.61. The highest BCUT2D eigenvalue weighted by atomic mass is 35.5. The summed E-state index contributed by atoms with van der Waals surface area (Å²) in [4.78, 5) is 4.05. The van der Waals surface area contributed by atoms with Gasteiger partial charge >= 0.3 is 0 Å². The minimum Gasteiger partial charge on any atom is -0.385 e. The van der Waals surface area contributed by atoms with Crippen molar-refractivity contribution in [1.29, 1.82) is 0 Å². The average Bonchev–Trinajstić information content (AvgIpc) is 2.82. The van der Waals surface area contributed by atoms with Gasteiger partial charge in [-0.2, -0.15) is 0 Å². The fourth-order valence-electron chi connectivity index (χ4n) is 1.41. The molecule has 0 aromatic carbocycles. The Hall–Kier alpha value is -0.160. The van der Waals surface area contributed by atoms with Crippen LogP contribution in [0.5, 0.6) is 0 Å². The first-order valence-electron chi connectivity index (χ1n) is 4.17. The van der Waals surface area contributed by atoms with E-state index >= 15 is 0 Å². The Morgan fingerprint density at radius 3 is 2.85 bits per heavy atom. The quantitative estimate of drug-likeness (QED) is 0.810. The lowest BCUT2D eigenvalue weighted by Crippen LogP contribution is -2.23. The molecule has 0 bridgehead atoms. The van der Waals surface area contributed by atoms with Crippen LogP contribution >= 0.6 is 22.9 Å². The van der Waals surface area contributed by atoms with E-state index in [2.05, 4.69) is 4.98 Å². The molecule has 1 aliphatic rings. The number of rotatable bonds is 3. The molecule has 1 aliphatic carbocycles. The summed E-state index contributed by atoms with van der Waals surface area (Å²) in [5.74, 6) is 0. The van der Waals surface area contributed by atoms with Crippen molar-refractivity contribution >= 4 is 22.9 Å². The van der Waals surface area contributed by atoms with Gasteiger partial charge in [-0.1, -0.05) is 11.6 Å². The first-order valence-corrected chi connectivity index (χ1v) is 5.37. The van der Waals surface area contributed by atoms with Gasteiger partial charge in [0.25, 0.3) is 0 Å². The smallest absolute Gasteiger partial charge is 0.123 e. The number of nitrogens with two attached hydrogens (primary N) is 1. The molecule has 0 aliphatic heterocycles. The fraction of sp³-hybridized carbons (Fsp3) is 0.625. The van der Waals surface area contributed by atoms with Crippen molar-refractivity contribution < 1.29 is 5.11 Å². The third-order valence-corrected chi connectivity index (χ3v) is 3.78. The van der Waals surface area contributed by atoms with Crippen molar-refractivity contribution in [3.8, 4) is 0 Å². The van der Waals surface area contributed by atoms with Crippen LogP contribution in [0.15, 0.2) is 6.20 Å². The number of aliphatic hydroxyl groups is 1. The van der Waals surface area contributed by atoms with Crippen LogP contribution in [0.25, 0.3) is 0 Å². The van der Waals surface area contributed by atoms with Gasteiger partial charge in [0, 0.05) is 12.0 Å². The highest BCUT2D eigenvalue weighted by Crippen LogP contribution is 2.54. The van der Waals surface area contributed by atoms with E-state index in [9.17, 15) is 5.11 Å². The summed E-state index contributed by atoms with van der Waals surface area (Å²) in [7, 11) is 0. The lowest BCUT2D eigenvalue weighted by molar-refractivity contribution is 0.0972. The van der Waals surface area contributed by atoms with Crippen LogP contribution in [0, 0.1) is 5.41 Å². The summed E-state index contributed by atoms with van der Waals surface area (Å²) < 4.78 is 0.613. The molecule has 1 aromatic rings. The van der Waals surface area contributed by atoms with Crippen LogP contribution in [0.1, 0.15) is 24.0 Å². The number of halogens is 1. The number of aliphatic hydroxyl groups excluding tert-OH is 1. The lowest BCUT2D eigenvalue weighted by Gasteiger charge is -2.17. The van der Waals surface area contributed by atoms with E-state index in [-0.39, 0.29) is 5.41 Å². The molecule has 0 radical (unpaired) electrons. The maximum Gasteiger partial charge on any atom is 0.123 e. The normalized spacial score (nSPS) is 21.5. The van der Waals surface area contributed by atoms with Crippen molar-refractivity contribution in [2.75, 3.05) is 6.54 Å².